The van der Waals surface area contributed by atoms with Crippen molar-refractivity contribution in [2.24, 2.45) is 0 Å². The molecule has 138 valence electrons. The van der Waals surface area contributed by atoms with Crippen LogP contribution in [0.5, 0.6) is 0 Å². The van der Waals surface area contributed by atoms with E-state index >= 15 is 0 Å². The minimum absolute atomic E-state index is 0.107. The number of amides is 1. The van der Waals surface area contributed by atoms with Gasteiger partial charge >= 0.3 is 5.97 Å². The number of hydrogen-bond acceptors (Lipinski definition) is 7. The number of esters is 1. The summed E-state index contributed by atoms with van der Waals surface area (Å²) in [4.78, 5) is 39.9. The van der Waals surface area contributed by atoms with E-state index in [2.05, 4.69) is 10.3 Å². The lowest BCUT2D eigenvalue weighted by atomic mass is 10.1. The van der Waals surface area contributed by atoms with Crippen molar-refractivity contribution in [3.63, 3.8) is 0 Å². The Kier molecular flexibility index (Phi) is 7.35. The van der Waals surface area contributed by atoms with Crippen LogP contribution in [0.15, 0.2) is 34.0 Å². The number of aromatic nitrogens is 1. The van der Waals surface area contributed by atoms with Gasteiger partial charge in [-0.3, -0.25) is 14.4 Å². The molecular weight excluding hydrogens is 372 g/mol. The maximum absolute atomic E-state index is 12.4. The Bertz CT molecular complexity index is 804. The van der Waals surface area contributed by atoms with Gasteiger partial charge < -0.3 is 10.1 Å². The van der Waals surface area contributed by atoms with Gasteiger partial charge in [-0.25, -0.2) is 4.98 Å². The smallest absolute Gasteiger partial charge is 0.311 e. The van der Waals surface area contributed by atoms with Gasteiger partial charge in [-0.05, 0) is 32.9 Å². The molecule has 2 rings (SSSR count). The summed E-state index contributed by atoms with van der Waals surface area (Å²) in [7, 11) is 0. The number of thiazole rings is 1. The molecule has 0 aliphatic rings. The maximum atomic E-state index is 12.4. The summed E-state index contributed by atoms with van der Waals surface area (Å²) in [5.74, 6) is -0.642. The molecule has 8 heteroatoms. The van der Waals surface area contributed by atoms with Crippen LogP contribution in [0.2, 0.25) is 0 Å². The van der Waals surface area contributed by atoms with Crippen LogP contribution in [0.3, 0.4) is 0 Å². The van der Waals surface area contributed by atoms with E-state index in [0.717, 1.165) is 0 Å². The molecule has 6 nitrogen and oxygen atoms in total. The first kappa shape index (κ1) is 20.1. The number of para-hydroxylation sites is 1. The summed E-state index contributed by atoms with van der Waals surface area (Å²) >= 11 is 2.68. The topological polar surface area (TPSA) is 85.4 Å². The van der Waals surface area contributed by atoms with E-state index in [4.69, 9.17) is 4.74 Å². The first-order valence-electron chi connectivity index (χ1n) is 8.08. The molecule has 1 N–H and O–H groups in total. The molecule has 1 atom stereocenters. The number of carbonyl (C=O) groups is 3. The predicted octanol–water partition coefficient (Wildman–Crippen LogP) is 3.57. The molecule has 1 amide bonds. The molecule has 0 fully saturated rings. The summed E-state index contributed by atoms with van der Waals surface area (Å²) in [5, 5.41) is 4.17. The van der Waals surface area contributed by atoms with Gasteiger partial charge in [-0.15, -0.1) is 11.3 Å². The van der Waals surface area contributed by atoms with Gasteiger partial charge in [-0.2, -0.15) is 0 Å². The van der Waals surface area contributed by atoms with Gasteiger partial charge in [0.1, 0.15) is 0 Å². The van der Waals surface area contributed by atoms with Crippen molar-refractivity contribution in [1.29, 1.82) is 0 Å². The lowest BCUT2D eigenvalue weighted by molar-refractivity contribution is -0.142. The summed E-state index contributed by atoms with van der Waals surface area (Å²) in [6, 6.07) is 6.90. The number of ketones is 1. The largest absolute Gasteiger partial charge is 0.466 e. The number of hydrogen-bond donors (Lipinski definition) is 1. The Hall–Kier alpha value is -2.19. The minimum Gasteiger partial charge on any atom is -0.466 e. The van der Waals surface area contributed by atoms with Crippen molar-refractivity contribution in [3.05, 3.63) is 40.9 Å². The van der Waals surface area contributed by atoms with E-state index in [1.165, 1.54) is 30.0 Å². The van der Waals surface area contributed by atoms with Crippen molar-refractivity contribution in [3.8, 4) is 0 Å². The number of Topliss-reactive ketones (excluding diaryl/α,β-unsaturated/α-hetero) is 1. The molecule has 0 spiro atoms. The lowest BCUT2D eigenvalue weighted by Gasteiger charge is -2.12. The lowest BCUT2D eigenvalue weighted by Crippen LogP contribution is -2.23. The summed E-state index contributed by atoms with van der Waals surface area (Å²) in [5.41, 5.74) is 1.61. The molecule has 2 aromatic rings. The van der Waals surface area contributed by atoms with Crippen LogP contribution in [0.1, 0.15) is 36.8 Å². The number of rotatable bonds is 8. The maximum Gasteiger partial charge on any atom is 0.311 e. The molecule has 26 heavy (non-hydrogen) atoms. The first-order chi connectivity index (χ1) is 12.4. The third kappa shape index (κ3) is 5.67. The second-order valence-corrected chi connectivity index (χ2v) is 7.88. The van der Waals surface area contributed by atoms with Crippen molar-refractivity contribution >= 4 is 46.4 Å². The van der Waals surface area contributed by atoms with Crippen molar-refractivity contribution < 1.29 is 19.1 Å². The average molecular weight is 393 g/mol. The van der Waals surface area contributed by atoms with E-state index in [1.54, 1.807) is 43.5 Å². The Morgan fingerprint density at radius 1 is 1.31 bits per heavy atom. The van der Waals surface area contributed by atoms with Crippen molar-refractivity contribution in [2.45, 2.75) is 36.8 Å². The van der Waals surface area contributed by atoms with Crippen LogP contribution in [-0.2, 0) is 20.7 Å². The number of ether oxygens (including phenoxy) is 1. The highest BCUT2D eigenvalue weighted by Crippen LogP contribution is 2.28. The molecule has 1 unspecified atom stereocenters. The molecule has 1 aromatic carbocycles. The van der Waals surface area contributed by atoms with E-state index < -0.39 is 5.25 Å². The third-order valence-electron chi connectivity index (χ3n) is 3.37. The van der Waals surface area contributed by atoms with Crippen molar-refractivity contribution in [1.82, 2.24) is 4.98 Å². The Balaban J connectivity index is 1.96. The zero-order valence-electron chi connectivity index (χ0n) is 14.8. The molecule has 0 saturated heterocycles. The highest BCUT2D eigenvalue weighted by Gasteiger charge is 2.19. The zero-order valence-corrected chi connectivity index (χ0v) is 16.4. The molecular formula is C18H20N2O4S2. The first-order valence-corrected chi connectivity index (χ1v) is 9.84. The fourth-order valence-corrected chi connectivity index (χ4v) is 4.10. The fraction of sp³-hybridized carbons (Fsp3) is 0.333. The van der Waals surface area contributed by atoms with Gasteiger partial charge in [0, 0.05) is 10.9 Å². The van der Waals surface area contributed by atoms with E-state index in [0.29, 0.717) is 27.9 Å². The summed E-state index contributed by atoms with van der Waals surface area (Å²) < 4.78 is 5.60. The third-order valence-corrected chi connectivity index (χ3v) is 5.49. The normalized spacial score (nSPS) is 11.7. The SMILES string of the molecule is CCOC(=O)Cc1csc(SC(C)C(=O)Nc2ccccc2C(C)=O)n1. The Morgan fingerprint density at radius 3 is 2.73 bits per heavy atom. The second kappa shape index (κ2) is 9.49. The van der Waals surface area contributed by atoms with E-state index in [-0.39, 0.29) is 24.1 Å². The van der Waals surface area contributed by atoms with Crippen LogP contribution in [0.25, 0.3) is 0 Å². The van der Waals surface area contributed by atoms with Gasteiger partial charge in [0.2, 0.25) is 5.91 Å². The highest BCUT2D eigenvalue weighted by atomic mass is 32.2. The number of nitrogens with one attached hydrogen (secondary N) is 1. The highest BCUT2D eigenvalue weighted by molar-refractivity contribution is 8.02. The van der Waals surface area contributed by atoms with Crippen molar-refractivity contribution in [2.75, 3.05) is 11.9 Å². The molecule has 1 heterocycles. The number of thioether (sulfide) groups is 1. The van der Waals surface area contributed by atoms with Crippen LogP contribution in [0, 0.1) is 0 Å². The van der Waals surface area contributed by atoms with Gasteiger partial charge in [0.25, 0.3) is 0 Å². The van der Waals surface area contributed by atoms with Gasteiger partial charge in [-0.1, -0.05) is 23.9 Å². The predicted molar refractivity (Wildman–Crippen MR) is 103 cm³/mol. The van der Waals surface area contributed by atoms with Gasteiger partial charge in [0.15, 0.2) is 10.1 Å². The van der Waals surface area contributed by atoms with E-state index in [1.807, 2.05) is 0 Å². The Morgan fingerprint density at radius 2 is 2.04 bits per heavy atom. The molecule has 0 aliphatic carbocycles. The fourth-order valence-electron chi connectivity index (χ4n) is 2.12. The van der Waals surface area contributed by atoms with Crippen LogP contribution in [-0.4, -0.2) is 34.5 Å². The quantitative estimate of drug-likeness (QED) is 0.420. The summed E-state index contributed by atoms with van der Waals surface area (Å²) in [6.07, 6.45) is 0.122. The number of nitrogens with zero attached hydrogens (tertiary/aromatic N) is 1. The molecule has 0 saturated carbocycles. The Labute approximate surface area is 160 Å². The number of carbonyl (C=O) groups excluding carboxylic acids is 3. The zero-order chi connectivity index (χ0) is 19.1. The standard InChI is InChI=1S/C18H20N2O4S2/c1-4-24-16(22)9-13-10-25-18(19-13)26-12(3)17(23)20-15-8-6-5-7-14(15)11(2)21/h5-8,10,12H,4,9H2,1-3H3,(H,20,23). The number of benzene rings is 1. The molecule has 0 bridgehead atoms. The van der Waals surface area contributed by atoms with Crippen LogP contribution >= 0.6 is 23.1 Å². The van der Waals surface area contributed by atoms with Gasteiger partial charge in [0.05, 0.1) is 29.7 Å². The second-order valence-electron chi connectivity index (χ2n) is 5.44. The monoisotopic (exact) mass is 392 g/mol. The number of anilines is 1. The summed E-state index contributed by atoms with van der Waals surface area (Å²) in [6.45, 7) is 5.32. The molecule has 0 radical (unpaired) electrons. The molecule has 0 aliphatic heterocycles. The molecule has 1 aromatic heterocycles. The van der Waals surface area contributed by atoms with Crippen LogP contribution < -0.4 is 5.32 Å². The van der Waals surface area contributed by atoms with Crippen LogP contribution in [0.4, 0.5) is 5.69 Å². The van der Waals surface area contributed by atoms with E-state index in [9.17, 15) is 14.4 Å². The minimum atomic E-state index is -0.406. The average Bonchev–Trinajstić information content (AvgIpc) is 3.02.